The van der Waals surface area contributed by atoms with Gasteiger partial charge in [0, 0.05) is 0 Å². The van der Waals surface area contributed by atoms with Crippen LogP contribution < -0.4 is 9.47 Å². The molecule has 0 fully saturated rings. The highest BCUT2D eigenvalue weighted by Gasteiger charge is 2.33. The maximum atomic E-state index is 6.66. The standard InChI is InChI=1S/C30H52O2/c1-9-31-28-21-27-18-20-30(8,32-29(27)26(7)25(28)6)19-12-17-24(5)16-11-15-23(4)14-10-13-22(2)3/h21-24H,9-20H2,1-8H3. The second-order valence-corrected chi connectivity index (χ2v) is 11.5. The summed E-state index contributed by atoms with van der Waals surface area (Å²) in [6.45, 7) is 19.0. The Morgan fingerprint density at radius 2 is 1.50 bits per heavy atom. The average molecular weight is 445 g/mol. The molecule has 1 aromatic carbocycles. The monoisotopic (exact) mass is 444 g/mol. The number of hydrogen-bond donors (Lipinski definition) is 0. The Labute approximate surface area is 199 Å². The summed E-state index contributed by atoms with van der Waals surface area (Å²) < 4.78 is 12.5. The molecule has 3 unspecified atom stereocenters. The van der Waals surface area contributed by atoms with Crippen LogP contribution in [0.25, 0.3) is 0 Å². The lowest BCUT2D eigenvalue weighted by atomic mass is 9.85. The van der Waals surface area contributed by atoms with E-state index in [0.29, 0.717) is 6.61 Å². The summed E-state index contributed by atoms with van der Waals surface area (Å²) in [6.07, 6.45) is 14.3. The van der Waals surface area contributed by atoms with Crippen molar-refractivity contribution in [2.75, 3.05) is 6.61 Å². The molecule has 2 nitrogen and oxygen atoms in total. The van der Waals surface area contributed by atoms with Crippen molar-refractivity contribution in [3.8, 4) is 11.5 Å². The first-order valence-electron chi connectivity index (χ1n) is 13.6. The quantitative estimate of drug-likeness (QED) is 0.285. The number of rotatable bonds is 14. The maximum Gasteiger partial charge on any atom is 0.126 e. The Morgan fingerprint density at radius 1 is 0.906 bits per heavy atom. The molecule has 0 amide bonds. The van der Waals surface area contributed by atoms with Crippen molar-refractivity contribution >= 4 is 0 Å². The van der Waals surface area contributed by atoms with Gasteiger partial charge in [0.1, 0.15) is 17.1 Å². The minimum absolute atomic E-state index is 0.0258. The topological polar surface area (TPSA) is 18.5 Å². The van der Waals surface area contributed by atoms with E-state index in [-0.39, 0.29) is 5.60 Å². The fraction of sp³-hybridized carbons (Fsp3) is 0.800. The normalized spacial score (nSPS) is 20.0. The molecule has 32 heavy (non-hydrogen) atoms. The van der Waals surface area contributed by atoms with Gasteiger partial charge >= 0.3 is 0 Å². The molecule has 0 aromatic heterocycles. The number of hydrogen-bond acceptors (Lipinski definition) is 2. The predicted molar refractivity (Wildman–Crippen MR) is 139 cm³/mol. The number of aryl methyl sites for hydroxylation is 1. The molecule has 1 aliphatic heterocycles. The van der Waals surface area contributed by atoms with E-state index in [1.807, 2.05) is 0 Å². The highest BCUT2D eigenvalue weighted by atomic mass is 16.5. The van der Waals surface area contributed by atoms with Crippen LogP contribution in [-0.4, -0.2) is 12.2 Å². The Morgan fingerprint density at radius 3 is 2.09 bits per heavy atom. The molecule has 3 atom stereocenters. The lowest BCUT2D eigenvalue weighted by Gasteiger charge is -2.37. The van der Waals surface area contributed by atoms with Crippen molar-refractivity contribution in [2.24, 2.45) is 17.8 Å². The van der Waals surface area contributed by atoms with Crippen molar-refractivity contribution < 1.29 is 9.47 Å². The molecule has 0 spiro atoms. The third kappa shape index (κ3) is 8.31. The van der Waals surface area contributed by atoms with Crippen LogP contribution >= 0.6 is 0 Å². The van der Waals surface area contributed by atoms with Crippen LogP contribution in [-0.2, 0) is 6.42 Å². The number of fused-ring (bicyclic) bond motifs is 1. The molecule has 0 aliphatic carbocycles. The molecular formula is C30H52O2. The van der Waals surface area contributed by atoms with Crippen molar-refractivity contribution in [1.82, 2.24) is 0 Å². The van der Waals surface area contributed by atoms with Crippen LogP contribution in [0.5, 0.6) is 11.5 Å². The molecule has 1 heterocycles. The van der Waals surface area contributed by atoms with Crippen LogP contribution in [0.3, 0.4) is 0 Å². The zero-order valence-corrected chi connectivity index (χ0v) is 22.6. The van der Waals surface area contributed by atoms with Crippen LogP contribution in [0.2, 0.25) is 0 Å². The predicted octanol–water partition coefficient (Wildman–Crippen LogP) is 9.22. The number of ether oxygens (including phenoxy) is 2. The Kier molecular flexibility index (Phi) is 10.9. The summed E-state index contributed by atoms with van der Waals surface area (Å²) in [5.41, 5.74) is 3.78. The zero-order valence-electron chi connectivity index (χ0n) is 22.6. The van der Waals surface area contributed by atoms with Gasteiger partial charge in [-0.3, -0.25) is 0 Å². The zero-order chi connectivity index (χ0) is 23.7. The molecule has 1 aliphatic rings. The fourth-order valence-electron chi connectivity index (χ4n) is 5.24. The van der Waals surface area contributed by atoms with Gasteiger partial charge in [0.05, 0.1) is 6.61 Å². The highest BCUT2D eigenvalue weighted by molar-refractivity contribution is 5.53. The Balaban J connectivity index is 1.74. The Bertz CT molecular complexity index is 693. The van der Waals surface area contributed by atoms with E-state index < -0.39 is 0 Å². The summed E-state index contributed by atoms with van der Waals surface area (Å²) in [6, 6.07) is 2.21. The van der Waals surface area contributed by atoms with Gasteiger partial charge in [0.25, 0.3) is 0 Å². The van der Waals surface area contributed by atoms with Gasteiger partial charge in [-0.05, 0) is 93.9 Å². The van der Waals surface area contributed by atoms with E-state index in [9.17, 15) is 0 Å². The van der Waals surface area contributed by atoms with Gasteiger partial charge in [-0.2, -0.15) is 0 Å². The van der Waals surface area contributed by atoms with Crippen molar-refractivity contribution in [1.29, 1.82) is 0 Å². The first-order valence-corrected chi connectivity index (χ1v) is 13.6. The van der Waals surface area contributed by atoms with E-state index >= 15 is 0 Å². The van der Waals surface area contributed by atoms with Gasteiger partial charge in [0.2, 0.25) is 0 Å². The van der Waals surface area contributed by atoms with Gasteiger partial charge < -0.3 is 9.47 Å². The molecule has 0 N–H and O–H groups in total. The lowest BCUT2D eigenvalue weighted by Crippen LogP contribution is -2.36. The van der Waals surface area contributed by atoms with Crippen molar-refractivity contribution in [2.45, 2.75) is 132 Å². The van der Waals surface area contributed by atoms with E-state index in [0.717, 1.165) is 48.5 Å². The van der Waals surface area contributed by atoms with Gasteiger partial charge in [-0.15, -0.1) is 0 Å². The average Bonchev–Trinajstić information content (AvgIpc) is 2.72. The van der Waals surface area contributed by atoms with Crippen LogP contribution in [0.4, 0.5) is 0 Å². The highest BCUT2D eigenvalue weighted by Crippen LogP contribution is 2.42. The van der Waals surface area contributed by atoms with Crippen LogP contribution in [0.15, 0.2) is 6.07 Å². The second-order valence-electron chi connectivity index (χ2n) is 11.5. The first kappa shape index (κ1) is 27.1. The summed E-state index contributed by atoms with van der Waals surface area (Å²) in [7, 11) is 0. The molecule has 2 heteroatoms. The van der Waals surface area contributed by atoms with Gasteiger partial charge in [-0.1, -0.05) is 72.6 Å². The fourth-order valence-corrected chi connectivity index (χ4v) is 5.24. The first-order chi connectivity index (χ1) is 15.1. The molecule has 0 bridgehead atoms. The summed E-state index contributed by atoms with van der Waals surface area (Å²) in [5, 5.41) is 0. The molecular weight excluding hydrogens is 392 g/mol. The SMILES string of the molecule is CCOc1cc2c(c(C)c1C)OC(C)(CCCC(C)CCCC(C)CCCC(C)C)CC2. The minimum Gasteiger partial charge on any atom is -0.494 e. The van der Waals surface area contributed by atoms with Crippen LogP contribution in [0.1, 0.15) is 122 Å². The largest absolute Gasteiger partial charge is 0.494 e. The molecule has 1 aromatic rings. The lowest BCUT2D eigenvalue weighted by molar-refractivity contribution is 0.0513. The van der Waals surface area contributed by atoms with Crippen LogP contribution in [0, 0.1) is 31.6 Å². The van der Waals surface area contributed by atoms with E-state index in [1.165, 1.54) is 68.1 Å². The van der Waals surface area contributed by atoms with E-state index in [2.05, 4.69) is 61.5 Å². The molecule has 184 valence electrons. The molecule has 0 saturated heterocycles. The maximum absolute atomic E-state index is 6.66. The number of benzene rings is 1. The summed E-state index contributed by atoms with van der Waals surface area (Å²) >= 11 is 0. The Hall–Kier alpha value is -1.18. The van der Waals surface area contributed by atoms with Gasteiger partial charge in [-0.25, -0.2) is 0 Å². The smallest absolute Gasteiger partial charge is 0.126 e. The molecule has 2 rings (SSSR count). The van der Waals surface area contributed by atoms with E-state index in [1.54, 1.807) is 0 Å². The minimum atomic E-state index is -0.0258. The van der Waals surface area contributed by atoms with Crippen molar-refractivity contribution in [3.63, 3.8) is 0 Å². The summed E-state index contributed by atoms with van der Waals surface area (Å²) in [4.78, 5) is 0. The van der Waals surface area contributed by atoms with E-state index in [4.69, 9.17) is 9.47 Å². The van der Waals surface area contributed by atoms with Gasteiger partial charge in [0.15, 0.2) is 0 Å². The third-order valence-corrected chi connectivity index (χ3v) is 7.72. The molecule has 0 saturated carbocycles. The summed E-state index contributed by atoms with van der Waals surface area (Å²) in [5.74, 6) is 4.73. The molecule has 0 radical (unpaired) electrons. The second kappa shape index (κ2) is 12.9. The third-order valence-electron chi connectivity index (χ3n) is 7.72. The van der Waals surface area contributed by atoms with Crippen molar-refractivity contribution in [3.05, 3.63) is 22.8 Å².